The number of nitrogens with zero attached hydrogens (tertiary/aromatic N) is 1. The number of likely N-dealkylation sites (N-methyl/N-ethyl adjacent to an activating group) is 1. The Bertz CT molecular complexity index is 1420. The minimum absolute atomic E-state index is 0.135. The lowest BCUT2D eigenvalue weighted by Crippen LogP contribution is -2.29. The zero-order valence-corrected chi connectivity index (χ0v) is 23.8. The Morgan fingerprint density at radius 1 is 1.05 bits per heavy atom. The van der Waals surface area contributed by atoms with Gasteiger partial charge in [-0.3, -0.25) is 4.79 Å². The molecule has 3 aromatic carbocycles. The van der Waals surface area contributed by atoms with Gasteiger partial charge in [-0.05, 0) is 78.9 Å². The fraction of sp³-hybridized carbons (Fsp3) is 0.303. The quantitative estimate of drug-likeness (QED) is 0.115. The van der Waals surface area contributed by atoms with Crippen LogP contribution in [0.3, 0.4) is 0 Å². The lowest BCUT2D eigenvalue weighted by molar-refractivity contribution is -0.113. The van der Waals surface area contributed by atoms with E-state index in [4.69, 9.17) is 0 Å². The predicted octanol–water partition coefficient (Wildman–Crippen LogP) is 7.10. The van der Waals surface area contributed by atoms with Crippen molar-refractivity contribution in [2.24, 2.45) is 5.92 Å². The van der Waals surface area contributed by atoms with Crippen LogP contribution in [0.2, 0.25) is 0 Å². The molecule has 0 spiro atoms. The van der Waals surface area contributed by atoms with E-state index in [0.29, 0.717) is 29.8 Å². The molecule has 0 saturated heterocycles. The third-order valence-corrected chi connectivity index (χ3v) is 7.16. The molecule has 5 nitrogen and oxygen atoms in total. The number of carbonyl (C=O) groups excluding carboxylic acids is 1. The van der Waals surface area contributed by atoms with E-state index >= 15 is 4.39 Å². The van der Waals surface area contributed by atoms with E-state index in [-0.39, 0.29) is 17.4 Å². The minimum Gasteiger partial charge on any atom is -0.340 e. The highest BCUT2D eigenvalue weighted by atomic mass is 19.4. The number of hydrogen-bond donors (Lipinski definition) is 3. The molecule has 0 aromatic heterocycles. The van der Waals surface area contributed by atoms with Crippen LogP contribution in [0.1, 0.15) is 42.5 Å². The number of benzene rings is 3. The molecular weight excluding hydrogens is 544 g/mol. The standard InChI is InChI=1S/C33H36F4N4O/c1-4-38-20-24-9-8-12-27(18-24)41(3)30(17-22(2)33(35,36)37)32(42)40-29-19-26(15-16-28(29)34)31(39-21-23-13-14-23)25-10-6-5-7-11-25/h5-12,15-19,23,31,38-39H,2,4,13-14,20-21H2,1,3H3,(H,40,42)/b30-17-. The molecule has 1 amide bonds. The van der Waals surface area contributed by atoms with Crippen LogP contribution < -0.4 is 20.9 Å². The van der Waals surface area contributed by atoms with Crippen molar-refractivity contribution in [1.29, 1.82) is 0 Å². The summed E-state index contributed by atoms with van der Waals surface area (Å²) in [5.41, 5.74) is 1.39. The molecule has 1 aliphatic carbocycles. The predicted molar refractivity (Wildman–Crippen MR) is 160 cm³/mol. The number of amides is 1. The summed E-state index contributed by atoms with van der Waals surface area (Å²) in [7, 11) is 1.49. The van der Waals surface area contributed by atoms with Crippen LogP contribution in [0.5, 0.6) is 0 Å². The summed E-state index contributed by atoms with van der Waals surface area (Å²) in [5, 5.41) is 9.26. The topological polar surface area (TPSA) is 56.4 Å². The second kappa shape index (κ2) is 13.8. The lowest BCUT2D eigenvalue weighted by Gasteiger charge is -2.24. The zero-order valence-electron chi connectivity index (χ0n) is 23.8. The Morgan fingerprint density at radius 3 is 2.45 bits per heavy atom. The smallest absolute Gasteiger partial charge is 0.340 e. The highest BCUT2D eigenvalue weighted by Gasteiger charge is 2.32. The average molecular weight is 581 g/mol. The van der Waals surface area contributed by atoms with Crippen LogP contribution in [0, 0.1) is 11.7 Å². The molecule has 222 valence electrons. The number of hydrogen-bond acceptors (Lipinski definition) is 4. The highest BCUT2D eigenvalue weighted by Crippen LogP contribution is 2.32. The van der Waals surface area contributed by atoms with Crippen LogP contribution in [0.15, 0.2) is 96.7 Å². The van der Waals surface area contributed by atoms with Crippen LogP contribution in [-0.4, -0.2) is 32.2 Å². The number of halogens is 4. The van der Waals surface area contributed by atoms with Crippen molar-refractivity contribution in [3.05, 3.63) is 119 Å². The molecule has 1 fully saturated rings. The Morgan fingerprint density at radius 2 is 1.79 bits per heavy atom. The summed E-state index contributed by atoms with van der Waals surface area (Å²) in [6.07, 6.45) is -1.76. The molecule has 1 atom stereocenters. The summed E-state index contributed by atoms with van der Waals surface area (Å²) in [5.74, 6) is -1.01. The second-order valence-corrected chi connectivity index (χ2v) is 10.5. The average Bonchev–Trinajstić information content (AvgIpc) is 3.80. The SMILES string of the molecule is C=C(/C=C(/C(=O)Nc1cc(C(NCC2CC2)c2ccccc2)ccc1F)N(C)c1cccc(CNCC)c1)C(F)(F)F. The van der Waals surface area contributed by atoms with E-state index in [0.717, 1.165) is 37.1 Å². The lowest BCUT2D eigenvalue weighted by atomic mass is 9.97. The molecule has 1 unspecified atom stereocenters. The fourth-order valence-corrected chi connectivity index (χ4v) is 4.53. The first-order valence-corrected chi connectivity index (χ1v) is 14.0. The monoisotopic (exact) mass is 580 g/mol. The largest absolute Gasteiger partial charge is 0.415 e. The Kier molecular flexibility index (Phi) is 10.2. The van der Waals surface area contributed by atoms with E-state index < -0.39 is 23.5 Å². The summed E-state index contributed by atoms with van der Waals surface area (Å²) >= 11 is 0. The van der Waals surface area contributed by atoms with E-state index in [9.17, 15) is 18.0 Å². The maximum Gasteiger partial charge on any atom is 0.415 e. The maximum absolute atomic E-state index is 15.1. The van der Waals surface area contributed by atoms with Gasteiger partial charge in [0.25, 0.3) is 5.91 Å². The van der Waals surface area contributed by atoms with Gasteiger partial charge in [0.1, 0.15) is 11.5 Å². The number of anilines is 2. The van der Waals surface area contributed by atoms with Crippen LogP contribution in [0.25, 0.3) is 0 Å². The first kappa shape index (κ1) is 31.0. The molecule has 0 bridgehead atoms. The van der Waals surface area contributed by atoms with Gasteiger partial charge in [0.15, 0.2) is 0 Å². The van der Waals surface area contributed by atoms with E-state index in [1.807, 2.05) is 43.3 Å². The van der Waals surface area contributed by atoms with Gasteiger partial charge in [-0.2, -0.15) is 13.2 Å². The number of carbonyl (C=O) groups is 1. The highest BCUT2D eigenvalue weighted by molar-refractivity contribution is 6.06. The first-order chi connectivity index (χ1) is 20.1. The van der Waals surface area contributed by atoms with Crippen molar-refractivity contribution < 1.29 is 22.4 Å². The molecule has 3 N–H and O–H groups in total. The summed E-state index contributed by atoms with van der Waals surface area (Å²) < 4.78 is 55.6. The van der Waals surface area contributed by atoms with E-state index in [2.05, 4.69) is 22.5 Å². The van der Waals surface area contributed by atoms with E-state index in [1.165, 1.54) is 24.1 Å². The third kappa shape index (κ3) is 8.30. The Hall–Kier alpha value is -3.95. The molecule has 3 aromatic rings. The Labute approximate surface area is 244 Å². The normalized spacial score (nSPS) is 14.4. The fourth-order valence-electron chi connectivity index (χ4n) is 4.53. The van der Waals surface area contributed by atoms with Crippen molar-refractivity contribution in [3.63, 3.8) is 0 Å². The summed E-state index contributed by atoms with van der Waals surface area (Å²) in [4.78, 5) is 14.9. The van der Waals surface area contributed by atoms with Gasteiger partial charge in [0.2, 0.25) is 0 Å². The van der Waals surface area contributed by atoms with Crippen LogP contribution in [0.4, 0.5) is 28.9 Å². The first-order valence-electron chi connectivity index (χ1n) is 14.0. The Balaban J connectivity index is 1.65. The van der Waals surface area contributed by atoms with Gasteiger partial charge < -0.3 is 20.9 Å². The molecule has 1 saturated carbocycles. The number of allylic oxidation sites excluding steroid dienone is 2. The second-order valence-electron chi connectivity index (χ2n) is 10.5. The van der Waals surface area contributed by atoms with Crippen molar-refractivity contribution in [2.45, 2.75) is 38.5 Å². The van der Waals surface area contributed by atoms with E-state index in [1.54, 1.807) is 24.3 Å². The molecule has 1 aliphatic rings. The van der Waals surface area contributed by atoms with Gasteiger partial charge >= 0.3 is 6.18 Å². The molecule has 42 heavy (non-hydrogen) atoms. The number of nitrogens with one attached hydrogen (secondary N) is 3. The minimum atomic E-state index is -4.75. The molecule has 0 aliphatic heterocycles. The molecular formula is C33H36F4N4O. The molecule has 9 heteroatoms. The molecule has 0 radical (unpaired) electrons. The molecule has 4 rings (SSSR count). The van der Waals surface area contributed by atoms with Crippen molar-refractivity contribution in [2.75, 3.05) is 30.4 Å². The maximum atomic E-state index is 15.1. The molecule has 0 heterocycles. The number of rotatable bonds is 13. The number of alkyl halides is 3. The van der Waals surface area contributed by atoms with Crippen molar-refractivity contribution in [1.82, 2.24) is 10.6 Å². The van der Waals surface area contributed by atoms with Crippen molar-refractivity contribution in [3.8, 4) is 0 Å². The third-order valence-electron chi connectivity index (χ3n) is 7.16. The van der Waals surface area contributed by atoms with Gasteiger partial charge in [-0.1, -0.05) is 62.0 Å². The summed E-state index contributed by atoms with van der Waals surface area (Å²) in [6.45, 7) is 7.16. The van der Waals surface area contributed by atoms with Gasteiger partial charge in [0.05, 0.1) is 17.3 Å². The van der Waals surface area contributed by atoms with Gasteiger partial charge in [0, 0.05) is 19.3 Å². The van der Waals surface area contributed by atoms with Gasteiger partial charge in [-0.15, -0.1) is 0 Å². The van der Waals surface area contributed by atoms with Crippen LogP contribution >= 0.6 is 0 Å². The van der Waals surface area contributed by atoms with Gasteiger partial charge in [-0.25, -0.2) is 4.39 Å². The van der Waals surface area contributed by atoms with Crippen molar-refractivity contribution >= 4 is 17.3 Å². The summed E-state index contributed by atoms with van der Waals surface area (Å²) in [6, 6.07) is 20.9. The zero-order chi connectivity index (χ0) is 30.3. The van der Waals surface area contributed by atoms with Crippen LogP contribution in [-0.2, 0) is 11.3 Å².